The van der Waals surface area contributed by atoms with Crippen LogP contribution in [0, 0.1) is 5.41 Å². The third kappa shape index (κ3) is 4.42. The number of rotatable bonds is 6. The van der Waals surface area contributed by atoms with E-state index in [2.05, 4.69) is 17.1 Å². The van der Waals surface area contributed by atoms with Crippen LogP contribution in [0.1, 0.15) is 45.4 Å². The molecule has 0 spiro atoms. The van der Waals surface area contributed by atoms with Crippen molar-refractivity contribution in [3.63, 3.8) is 0 Å². The minimum Gasteiger partial charge on any atom is -0.392 e. The van der Waals surface area contributed by atoms with Crippen molar-refractivity contribution in [1.29, 1.82) is 0 Å². The first-order chi connectivity index (χ1) is 9.03. The third-order valence-electron chi connectivity index (χ3n) is 4.18. The molecule has 0 unspecified atom stereocenters. The molecule has 1 saturated carbocycles. The highest BCUT2D eigenvalue weighted by atomic mass is 32.1. The van der Waals surface area contributed by atoms with Crippen LogP contribution in [0.3, 0.4) is 0 Å². The van der Waals surface area contributed by atoms with Crippen molar-refractivity contribution in [3.05, 3.63) is 0 Å². The molecule has 1 aliphatic carbocycles. The van der Waals surface area contributed by atoms with Gasteiger partial charge < -0.3 is 16.0 Å². The molecule has 19 heavy (non-hydrogen) atoms. The van der Waals surface area contributed by atoms with Gasteiger partial charge >= 0.3 is 0 Å². The standard InChI is InChI=1S/C14H27N3OS/c1-3-17(2)11-10-16-13(18)14(12(15)19)8-6-4-5-7-9-14/h3-11H2,1-2H3,(H2,15,19)(H,16,18). The van der Waals surface area contributed by atoms with Gasteiger partial charge in [-0.2, -0.15) is 0 Å². The Morgan fingerprint density at radius 3 is 2.37 bits per heavy atom. The number of carbonyl (C=O) groups excluding carboxylic acids is 1. The molecule has 0 atom stereocenters. The third-order valence-corrected chi connectivity index (χ3v) is 4.57. The minimum absolute atomic E-state index is 0.0337. The summed E-state index contributed by atoms with van der Waals surface area (Å²) in [5, 5.41) is 3.02. The topological polar surface area (TPSA) is 58.4 Å². The molecule has 0 aromatic heterocycles. The van der Waals surface area contributed by atoms with Crippen molar-refractivity contribution in [2.75, 3.05) is 26.7 Å². The van der Waals surface area contributed by atoms with Gasteiger partial charge in [0.05, 0.1) is 10.4 Å². The highest BCUT2D eigenvalue weighted by Gasteiger charge is 2.41. The van der Waals surface area contributed by atoms with E-state index in [-0.39, 0.29) is 5.91 Å². The molecule has 4 nitrogen and oxygen atoms in total. The van der Waals surface area contributed by atoms with Gasteiger partial charge in [-0.25, -0.2) is 0 Å². The van der Waals surface area contributed by atoms with Crippen molar-refractivity contribution in [2.45, 2.75) is 45.4 Å². The molecule has 1 amide bonds. The number of nitrogens with one attached hydrogen (secondary N) is 1. The van der Waals surface area contributed by atoms with Crippen LogP contribution in [0.15, 0.2) is 0 Å². The fourth-order valence-corrected chi connectivity index (χ4v) is 2.90. The molecular formula is C14H27N3OS. The van der Waals surface area contributed by atoms with Gasteiger partial charge in [0.2, 0.25) is 5.91 Å². The SMILES string of the molecule is CCN(C)CCNC(=O)C1(C(N)=S)CCCCCC1. The number of amides is 1. The van der Waals surface area contributed by atoms with Crippen LogP contribution in [0.2, 0.25) is 0 Å². The monoisotopic (exact) mass is 285 g/mol. The van der Waals surface area contributed by atoms with E-state index in [4.69, 9.17) is 18.0 Å². The molecule has 110 valence electrons. The predicted molar refractivity (Wildman–Crippen MR) is 83.1 cm³/mol. The summed E-state index contributed by atoms with van der Waals surface area (Å²) in [5.74, 6) is 0.0337. The van der Waals surface area contributed by atoms with Crippen LogP contribution in [-0.2, 0) is 4.79 Å². The van der Waals surface area contributed by atoms with Gasteiger partial charge in [0, 0.05) is 13.1 Å². The lowest BCUT2D eigenvalue weighted by atomic mass is 9.79. The van der Waals surface area contributed by atoms with E-state index >= 15 is 0 Å². The Balaban J connectivity index is 2.60. The Kier molecular flexibility index (Phi) is 6.72. The van der Waals surface area contributed by atoms with Crippen LogP contribution < -0.4 is 11.1 Å². The average molecular weight is 285 g/mol. The highest BCUT2D eigenvalue weighted by Crippen LogP contribution is 2.35. The smallest absolute Gasteiger partial charge is 0.233 e. The molecule has 0 radical (unpaired) electrons. The summed E-state index contributed by atoms with van der Waals surface area (Å²) < 4.78 is 0. The first kappa shape index (κ1) is 16.4. The van der Waals surface area contributed by atoms with E-state index in [1.165, 1.54) is 12.8 Å². The predicted octanol–water partition coefficient (Wildman–Crippen LogP) is 1.68. The molecule has 0 aliphatic heterocycles. The van der Waals surface area contributed by atoms with E-state index in [0.717, 1.165) is 38.8 Å². The van der Waals surface area contributed by atoms with Crippen LogP contribution in [0.5, 0.6) is 0 Å². The number of hydrogen-bond acceptors (Lipinski definition) is 3. The van der Waals surface area contributed by atoms with E-state index in [9.17, 15) is 4.79 Å². The van der Waals surface area contributed by atoms with Crippen molar-refractivity contribution in [3.8, 4) is 0 Å². The largest absolute Gasteiger partial charge is 0.392 e. The number of nitrogens with zero attached hydrogens (tertiary/aromatic N) is 1. The maximum Gasteiger partial charge on any atom is 0.233 e. The Labute approximate surface area is 122 Å². The number of likely N-dealkylation sites (N-methyl/N-ethyl adjacent to an activating group) is 1. The molecule has 1 aliphatic rings. The zero-order valence-corrected chi connectivity index (χ0v) is 13.0. The number of hydrogen-bond donors (Lipinski definition) is 2. The van der Waals surface area contributed by atoms with Crippen molar-refractivity contribution < 1.29 is 4.79 Å². The van der Waals surface area contributed by atoms with Gasteiger partial charge in [0.15, 0.2) is 0 Å². The minimum atomic E-state index is -0.601. The van der Waals surface area contributed by atoms with Gasteiger partial charge in [-0.15, -0.1) is 0 Å². The lowest BCUT2D eigenvalue weighted by Crippen LogP contribution is -2.50. The fourth-order valence-electron chi connectivity index (χ4n) is 2.61. The van der Waals surface area contributed by atoms with E-state index < -0.39 is 5.41 Å². The average Bonchev–Trinajstić information content (AvgIpc) is 2.64. The van der Waals surface area contributed by atoms with Crippen LogP contribution in [0.25, 0.3) is 0 Å². The second-order valence-corrected chi connectivity index (χ2v) is 5.95. The first-order valence-electron chi connectivity index (χ1n) is 7.29. The summed E-state index contributed by atoms with van der Waals surface area (Å²) in [5.41, 5.74) is 5.29. The molecule has 3 N–H and O–H groups in total. The number of carbonyl (C=O) groups is 1. The molecule has 1 rings (SSSR count). The normalized spacial score (nSPS) is 18.9. The van der Waals surface area contributed by atoms with Gasteiger partial charge in [-0.3, -0.25) is 4.79 Å². The first-order valence-corrected chi connectivity index (χ1v) is 7.70. The lowest BCUT2D eigenvalue weighted by Gasteiger charge is -2.30. The molecule has 0 heterocycles. The van der Waals surface area contributed by atoms with Crippen molar-refractivity contribution in [1.82, 2.24) is 10.2 Å². The second kappa shape index (κ2) is 7.80. The van der Waals surface area contributed by atoms with Gasteiger partial charge in [0.1, 0.15) is 0 Å². The second-order valence-electron chi connectivity index (χ2n) is 5.51. The summed E-state index contributed by atoms with van der Waals surface area (Å²) in [6.45, 7) is 4.60. The van der Waals surface area contributed by atoms with Crippen molar-refractivity contribution in [2.24, 2.45) is 11.1 Å². The summed E-state index contributed by atoms with van der Waals surface area (Å²) in [4.78, 5) is 15.0. The maximum atomic E-state index is 12.5. The van der Waals surface area contributed by atoms with Gasteiger partial charge in [0.25, 0.3) is 0 Å². The van der Waals surface area contributed by atoms with Crippen LogP contribution in [0.4, 0.5) is 0 Å². The molecular weight excluding hydrogens is 258 g/mol. The molecule has 0 saturated heterocycles. The zero-order chi connectivity index (χ0) is 14.3. The Bertz CT molecular complexity index is 312. The van der Waals surface area contributed by atoms with Gasteiger partial charge in [-0.1, -0.05) is 44.8 Å². The fraction of sp³-hybridized carbons (Fsp3) is 0.857. The maximum absolute atomic E-state index is 12.5. The van der Waals surface area contributed by atoms with Gasteiger partial charge in [-0.05, 0) is 26.4 Å². The Morgan fingerprint density at radius 2 is 1.89 bits per heavy atom. The van der Waals surface area contributed by atoms with E-state index in [1.807, 2.05) is 7.05 Å². The molecule has 1 fully saturated rings. The molecule has 5 heteroatoms. The number of thiocarbonyl (C=S) groups is 1. The zero-order valence-electron chi connectivity index (χ0n) is 12.2. The summed E-state index contributed by atoms with van der Waals surface area (Å²) in [7, 11) is 2.04. The molecule has 0 bridgehead atoms. The van der Waals surface area contributed by atoms with Crippen molar-refractivity contribution >= 4 is 23.1 Å². The van der Waals surface area contributed by atoms with E-state index in [1.54, 1.807) is 0 Å². The summed E-state index contributed by atoms with van der Waals surface area (Å²) >= 11 is 5.20. The van der Waals surface area contributed by atoms with E-state index in [0.29, 0.717) is 11.5 Å². The summed E-state index contributed by atoms with van der Waals surface area (Å²) in [6.07, 6.45) is 6.04. The highest BCUT2D eigenvalue weighted by molar-refractivity contribution is 7.80. The Hall–Kier alpha value is -0.680. The molecule has 0 aromatic rings. The van der Waals surface area contributed by atoms with Crippen LogP contribution in [-0.4, -0.2) is 42.5 Å². The quantitative estimate of drug-likeness (QED) is 0.576. The Morgan fingerprint density at radius 1 is 1.32 bits per heavy atom. The molecule has 0 aromatic carbocycles. The number of nitrogens with two attached hydrogens (primary N) is 1. The summed E-state index contributed by atoms with van der Waals surface area (Å²) in [6, 6.07) is 0. The lowest BCUT2D eigenvalue weighted by molar-refractivity contribution is -0.128. The van der Waals surface area contributed by atoms with Crippen LogP contribution >= 0.6 is 12.2 Å².